The van der Waals surface area contributed by atoms with Crippen LogP contribution in [0.15, 0.2) is 27.7 Å². The lowest BCUT2D eigenvalue weighted by Crippen LogP contribution is -2.36. The smallest absolute Gasteiger partial charge is 0.231 e. The van der Waals surface area contributed by atoms with Crippen LogP contribution in [0.5, 0.6) is 11.5 Å². The number of aromatic nitrogens is 1. The average molecular weight is 444 g/mol. The van der Waals surface area contributed by atoms with Crippen LogP contribution in [0.3, 0.4) is 0 Å². The molecule has 1 aliphatic rings. The van der Waals surface area contributed by atoms with Gasteiger partial charge in [0.15, 0.2) is 17.5 Å². The molecule has 0 saturated carbocycles. The maximum Gasteiger partial charge on any atom is 0.231 e. The van der Waals surface area contributed by atoms with E-state index in [1.807, 2.05) is 32.0 Å². The topological polar surface area (TPSA) is 80.9 Å². The zero-order valence-corrected chi connectivity index (χ0v) is 16.2. The van der Waals surface area contributed by atoms with E-state index in [9.17, 15) is 0 Å². The van der Waals surface area contributed by atoms with Crippen molar-refractivity contribution in [3.8, 4) is 11.5 Å². The molecular weight excluding hydrogens is 423 g/mol. The maximum absolute atomic E-state index is 5.38. The molecule has 24 heavy (non-hydrogen) atoms. The van der Waals surface area contributed by atoms with Crippen molar-refractivity contribution in [1.29, 1.82) is 0 Å². The van der Waals surface area contributed by atoms with Gasteiger partial charge < -0.3 is 24.6 Å². The van der Waals surface area contributed by atoms with E-state index < -0.39 is 0 Å². The zero-order valence-electron chi connectivity index (χ0n) is 13.9. The lowest BCUT2D eigenvalue weighted by molar-refractivity contribution is 0.174. The Bertz CT molecular complexity index is 711. The molecule has 2 N–H and O–H groups in total. The van der Waals surface area contributed by atoms with Crippen LogP contribution in [0.1, 0.15) is 22.6 Å². The lowest BCUT2D eigenvalue weighted by Gasteiger charge is -2.12. The molecule has 3 rings (SSSR count). The summed E-state index contributed by atoms with van der Waals surface area (Å²) in [6, 6.07) is 5.89. The van der Waals surface area contributed by atoms with Gasteiger partial charge in [0.25, 0.3) is 0 Å². The molecule has 130 valence electrons. The molecule has 1 aromatic heterocycles. The first-order chi connectivity index (χ1) is 11.2. The highest BCUT2D eigenvalue weighted by molar-refractivity contribution is 14.0. The number of nitrogens with zero attached hydrogens (tertiary/aromatic N) is 2. The third kappa shape index (κ3) is 4.11. The van der Waals surface area contributed by atoms with Crippen molar-refractivity contribution < 1.29 is 14.0 Å². The molecule has 7 nitrogen and oxygen atoms in total. The van der Waals surface area contributed by atoms with E-state index in [0.29, 0.717) is 19.0 Å². The van der Waals surface area contributed by atoms with Gasteiger partial charge in [-0.05, 0) is 31.5 Å². The summed E-state index contributed by atoms with van der Waals surface area (Å²) in [5, 5.41) is 10.5. The number of benzene rings is 1. The molecule has 2 aromatic rings. The number of hydrogen-bond acceptors (Lipinski definition) is 5. The number of aryl methyl sites for hydroxylation is 2. The van der Waals surface area contributed by atoms with Gasteiger partial charge in [-0.2, -0.15) is 0 Å². The van der Waals surface area contributed by atoms with Gasteiger partial charge in [-0.15, -0.1) is 24.0 Å². The molecule has 0 amide bonds. The number of rotatable bonds is 4. The van der Waals surface area contributed by atoms with E-state index in [0.717, 1.165) is 34.1 Å². The minimum Gasteiger partial charge on any atom is -0.454 e. The molecule has 0 bridgehead atoms. The molecule has 0 fully saturated rings. The fourth-order valence-corrected chi connectivity index (χ4v) is 2.38. The minimum absolute atomic E-state index is 0. The maximum atomic E-state index is 5.38. The molecule has 0 aliphatic carbocycles. The number of nitrogens with one attached hydrogen (secondary N) is 2. The van der Waals surface area contributed by atoms with E-state index in [1.165, 1.54) is 0 Å². The number of fused-ring (bicyclic) bond motifs is 1. The van der Waals surface area contributed by atoms with Gasteiger partial charge in [0.05, 0.1) is 5.69 Å². The largest absolute Gasteiger partial charge is 0.454 e. The molecule has 1 aromatic carbocycles. The zero-order chi connectivity index (χ0) is 16.2. The number of halogens is 1. The Labute approximate surface area is 157 Å². The lowest BCUT2D eigenvalue weighted by atomic mass is 10.2. The van der Waals surface area contributed by atoms with E-state index >= 15 is 0 Å². The van der Waals surface area contributed by atoms with Crippen LogP contribution < -0.4 is 20.1 Å². The molecule has 1 aliphatic heterocycles. The van der Waals surface area contributed by atoms with Gasteiger partial charge in [0, 0.05) is 25.7 Å². The van der Waals surface area contributed by atoms with Crippen LogP contribution in [-0.4, -0.2) is 25.0 Å². The van der Waals surface area contributed by atoms with Crippen molar-refractivity contribution in [2.24, 2.45) is 4.99 Å². The Hall–Kier alpha value is -1.97. The predicted octanol–water partition coefficient (Wildman–Crippen LogP) is 2.50. The van der Waals surface area contributed by atoms with Crippen LogP contribution >= 0.6 is 24.0 Å². The van der Waals surface area contributed by atoms with E-state index in [2.05, 4.69) is 20.8 Å². The van der Waals surface area contributed by atoms with Crippen molar-refractivity contribution in [3.05, 3.63) is 40.8 Å². The van der Waals surface area contributed by atoms with Crippen molar-refractivity contribution >= 4 is 29.9 Å². The Kier molecular flexibility index (Phi) is 6.29. The minimum atomic E-state index is 0. The molecule has 0 atom stereocenters. The molecule has 0 saturated heterocycles. The van der Waals surface area contributed by atoms with Crippen LogP contribution in [0.2, 0.25) is 0 Å². The van der Waals surface area contributed by atoms with Gasteiger partial charge in [0.1, 0.15) is 5.76 Å². The number of aliphatic imine (C=N–C) groups is 1. The van der Waals surface area contributed by atoms with Crippen molar-refractivity contribution in [2.45, 2.75) is 26.9 Å². The van der Waals surface area contributed by atoms with Crippen LogP contribution in [0.25, 0.3) is 0 Å². The van der Waals surface area contributed by atoms with E-state index in [-0.39, 0.29) is 30.8 Å². The van der Waals surface area contributed by atoms with Crippen molar-refractivity contribution in [2.75, 3.05) is 13.8 Å². The normalized spacial score (nSPS) is 12.7. The summed E-state index contributed by atoms with van der Waals surface area (Å²) in [7, 11) is 1.74. The second kappa shape index (κ2) is 8.22. The summed E-state index contributed by atoms with van der Waals surface area (Å²) < 4.78 is 15.8. The summed E-state index contributed by atoms with van der Waals surface area (Å²) in [5.74, 6) is 3.10. The van der Waals surface area contributed by atoms with E-state index in [1.54, 1.807) is 7.05 Å². The van der Waals surface area contributed by atoms with Crippen LogP contribution in [0, 0.1) is 13.8 Å². The molecule has 0 unspecified atom stereocenters. The number of guanidine groups is 1. The predicted molar refractivity (Wildman–Crippen MR) is 101 cm³/mol. The first kappa shape index (κ1) is 18.4. The number of hydrogen-bond donors (Lipinski definition) is 2. The molecule has 8 heteroatoms. The fourth-order valence-electron chi connectivity index (χ4n) is 2.38. The van der Waals surface area contributed by atoms with Gasteiger partial charge in [-0.3, -0.25) is 4.99 Å². The SMILES string of the molecule is CN=C(NCc1ccc2c(c1)OCO2)NCc1c(C)noc1C.I. The van der Waals surface area contributed by atoms with E-state index in [4.69, 9.17) is 14.0 Å². The molecular formula is C16H21IN4O3. The van der Waals surface area contributed by atoms with Crippen molar-refractivity contribution in [3.63, 3.8) is 0 Å². The second-order valence-electron chi connectivity index (χ2n) is 5.27. The average Bonchev–Trinajstić information content (AvgIpc) is 3.15. The standard InChI is InChI=1S/C16H20N4O3.HI/c1-10-13(11(2)23-20-10)8-19-16(17-3)18-7-12-4-5-14-15(6-12)22-9-21-14;/h4-6H,7-9H2,1-3H3,(H2,17,18,19);1H. The summed E-state index contributed by atoms with van der Waals surface area (Å²) in [4.78, 5) is 4.22. The third-order valence-corrected chi connectivity index (χ3v) is 3.73. The van der Waals surface area contributed by atoms with Crippen LogP contribution in [0.4, 0.5) is 0 Å². The monoisotopic (exact) mass is 444 g/mol. The Morgan fingerprint density at radius 2 is 1.92 bits per heavy atom. The molecule has 2 heterocycles. The van der Waals surface area contributed by atoms with Crippen molar-refractivity contribution in [1.82, 2.24) is 15.8 Å². The Morgan fingerprint density at radius 3 is 2.62 bits per heavy atom. The highest BCUT2D eigenvalue weighted by Crippen LogP contribution is 2.32. The van der Waals surface area contributed by atoms with Crippen LogP contribution in [-0.2, 0) is 13.1 Å². The highest BCUT2D eigenvalue weighted by Gasteiger charge is 2.13. The van der Waals surface area contributed by atoms with Gasteiger partial charge >= 0.3 is 0 Å². The summed E-state index contributed by atoms with van der Waals surface area (Å²) >= 11 is 0. The molecule has 0 radical (unpaired) electrons. The Balaban J connectivity index is 0.00000208. The Morgan fingerprint density at radius 1 is 1.17 bits per heavy atom. The first-order valence-electron chi connectivity index (χ1n) is 7.42. The summed E-state index contributed by atoms with van der Waals surface area (Å²) in [6.07, 6.45) is 0. The van der Waals surface area contributed by atoms with Gasteiger partial charge in [-0.25, -0.2) is 0 Å². The molecule has 0 spiro atoms. The highest BCUT2D eigenvalue weighted by atomic mass is 127. The van der Waals surface area contributed by atoms with Gasteiger partial charge in [0.2, 0.25) is 6.79 Å². The summed E-state index contributed by atoms with van der Waals surface area (Å²) in [5.41, 5.74) is 3.03. The first-order valence-corrected chi connectivity index (χ1v) is 7.42. The quantitative estimate of drug-likeness (QED) is 0.429. The summed E-state index contributed by atoms with van der Waals surface area (Å²) in [6.45, 7) is 5.36. The third-order valence-electron chi connectivity index (χ3n) is 3.73. The second-order valence-corrected chi connectivity index (χ2v) is 5.27. The van der Waals surface area contributed by atoms with Gasteiger partial charge in [-0.1, -0.05) is 11.2 Å². The fraction of sp³-hybridized carbons (Fsp3) is 0.375. The number of ether oxygens (including phenoxy) is 2.